The van der Waals surface area contributed by atoms with E-state index in [1.807, 2.05) is 0 Å². The molecule has 0 aromatic carbocycles. The predicted octanol–water partition coefficient (Wildman–Crippen LogP) is -7.74. The Morgan fingerprint density at radius 2 is 1.50 bits per heavy atom. The largest absolute Gasteiger partial charge is 0.394 e. The molecule has 334 valence electrons. The van der Waals surface area contributed by atoms with Gasteiger partial charge in [-0.1, -0.05) is 6.08 Å². The second-order valence-corrected chi connectivity index (χ2v) is 14.0. The van der Waals surface area contributed by atoms with E-state index >= 15 is 0 Å². The van der Waals surface area contributed by atoms with E-state index in [9.17, 15) is 65.1 Å². The van der Waals surface area contributed by atoms with Crippen molar-refractivity contribution in [1.82, 2.24) is 20.9 Å². The normalized spacial score (nSPS) is 36.1. The lowest BCUT2D eigenvalue weighted by Gasteiger charge is -2.49. The van der Waals surface area contributed by atoms with E-state index < -0.39 is 154 Å². The summed E-state index contributed by atoms with van der Waals surface area (Å²) < 4.78 is 39.6. The van der Waals surface area contributed by atoms with Crippen molar-refractivity contribution in [3.63, 3.8) is 0 Å². The van der Waals surface area contributed by atoms with Crippen LogP contribution in [0.2, 0.25) is 0 Å². The number of nitrogens with zero attached hydrogens (tertiary/aromatic N) is 1. The van der Waals surface area contributed by atoms with Crippen LogP contribution in [0.25, 0.3) is 0 Å². The van der Waals surface area contributed by atoms with Gasteiger partial charge in [0.1, 0.15) is 73.2 Å². The molecule has 0 aliphatic carbocycles. The summed E-state index contributed by atoms with van der Waals surface area (Å²) in [5.74, 6) is -2.83. The molecule has 3 saturated heterocycles. The molecule has 0 radical (unpaired) electrons. The van der Waals surface area contributed by atoms with E-state index in [1.165, 1.54) is 32.0 Å². The molecule has 3 heterocycles. The van der Waals surface area contributed by atoms with Gasteiger partial charge in [-0.15, -0.1) is 6.58 Å². The number of carbonyl (C=O) groups is 4. The van der Waals surface area contributed by atoms with Crippen LogP contribution in [-0.4, -0.2) is 232 Å². The smallest absolute Gasteiger partial charge is 0.252 e. The Balaban J connectivity index is 1.97. The predicted molar refractivity (Wildman–Crippen MR) is 190 cm³/mol. The van der Waals surface area contributed by atoms with Gasteiger partial charge in [-0.05, 0) is 0 Å². The molecule has 0 aromatic rings. The highest BCUT2D eigenvalue weighted by atomic mass is 16.7. The van der Waals surface area contributed by atoms with Gasteiger partial charge in [0.2, 0.25) is 17.7 Å². The van der Waals surface area contributed by atoms with E-state index in [0.29, 0.717) is 0 Å². The van der Waals surface area contributed by atoms with Crippen LogP contribution < -0.4 is 16.0 Å². The molecule has 0 bridgehead atoms. The van der Waals surface area contributed by atoms with Gasteiger partial charge in [-0.3, -0.25) is 19.2 Å². The third-order valence-corrected chi connectivity index (χ3v) is 10.1. The van der Waals surface area contributed by atoms with Gasteiger partial charge in [-0.25, -0.2) is 0 Å². The van der Waals surface area contributed by atoms with Crippen molar-refractivity contribution in [2.45, 2.75) is 131 Å². The molecule has 0 spiro atoms. The number of likely N-dealkylation sites (N-methyl/N-ethyl adjacent to an activating group) is 1. The highest BCUT2D eigenvalue weighted by Gasteiger charge is 2.56. The first-order chi connectivity index (χ1) is 27.4. The summed E-state index contributed by atoms with van der Waals surface area (Å²) >= 11 is 0. The molecule has 24 nitrogen and oxygen atoms in total. The van der Waals surface area contributed by atoms with Gasteiger partial charge in [0.25, 0.3) is 5.91 Å². The third kappa shape index (κ3) is 11.8. The van der Waals surface area contributed by atoms with Crippen LogP contribution in [0.15, 0.2) is 12.7 Å². The van der Waals surface area contributed by atoms with E-state index in [2.05, 4.69) is 22.5 Å². The molecular formula is C34H58N4O20. The zero-order chi connectivity index (χ0) is 43.6. The maximum absolute atomic E-state index is 13.6. The standard InChI is InChI=1S/C34H58N4O20/c1-7-8-36-31(50)30-29(24(47)26(49)34(58-30)56-27-15(38(5)14(3)42)12-53-17(10-39)22(27)45)57-33-20(37-13(2)41)28(23(46)18(11-40)54-33)55-32(51)25(48)21(44)16(52-6)9-19(43)35-4/h7,15-18,20-30,32-34,39-40,44-49,51H,1,8-12H2,2-6H3,(H,35,43)(H,36,50)(H,37,41). The van der Waals surface area contributed by atoms with Crippen LogP contribution in [0.3, 0.4) is 0 Å². The molecule has 18 unspecified atom stereocenters. The molecule has 18 atom stereocenters. The summed E-state index contributed by atoms with van der Waals surface area (Å²) in [6.07, 6.45) is -28.5. The molecule has 0 saturated carbocycles. The second kappa shape index (κ2) is 22.5. The number of aliphatic hydroxyl groups excluding tert-OH is 9. The van der Waals surface area contributed by atoms with Crippen molar-refractivity contribution in [2.24, 2.45) is 0 Å². The van der Waals surface area contributed by atoms with Crippen LogP contribution in [0, 0.1) is 0 Å². The monoisotopic (exact) mass is 842 g/mol. The number of nitrogens with one attached hydrogen (secondary N) is 3. The molecule has 12 N–H and O–H groups in total. The zero-order valence-corrected chi connectivity index (χ0v) is 32.7. The Morgan fingerprint density at radius 1 is 0.879 bits per heavy atom. The van der Waals surface area contributed by atoms with Gasteiger partial charge in [0, 0.05) is 41.6 Å². The van der Waals surface area contributed by atoms with Crippen LogP contribution in [0.5, 0.6) is 0 Å². The topological polar surface area (TPSA) is 354 Å². The number of amides is 4. The molecule has 58 heavy (non-hydrogen) atoms. The first kappa shape index (κ1) is 49.3. The van der Waals surface area contributed by atoms with Crippen molar-refractivity contribution in [1.29, 1.82) is 0 Å². The summed E-state index contributed by atoms with van der Waals surface area (Å²) in [6, 6.07) is -2.71. The molecule has 3 fully saturated rings. The van der Waals surface area contributed by atoms with Crippen LogP contribution in [-0.2, 0) is 52.3 Å². The lowest BCUT2D eigenvalue weighted by atomic mass is 9.94. The highest BCUT2D eigenvalue weighted by Crippen LogP contribution is 2.33. The fourth-order valence-corrected chi connectivity index (χ4v) is 6.64. The maximum atomic E-state index is 13.6. The fraction of sp³-hybridized carbons (Fsp3) is 0.824. The highest BCUT2D eigenvalue weighted by molar-refractivity contribution is 5.82. The van der Waals surface area contributed by atoms with Crippen molar-refractivity contribution in [3.8, 4) is 0 Å². The number of ether oxygens (including phenoxy) is 7. The van der Waals surface area contributed by atoms with Crippen molar-refractivity contribution in [2.75, 3.05) is 47.6 Å². The van der Waals surface area contributed by atoms with Gasteiger partial charge in [-0.2, -0.15) is 0 Å². The van der Waals surface area contributed by atoms with Crippen LogP contribution >= 0.6 is 0 Å². The molecule has 0 aromatic heterocycles. The Hall–Kier alpha value is -3.02. The van der Waals surface area contributed by atoms with Crippen molar-refractivity contribution >= 4 is 23.6 Å². The molecule has 4 amide bonds. The quantitative estimate of drug-likeness (QED) is 0.0424. The van der Waals surface area contributed by atoms with Gasteiger partial charge < -0.3 is 100.0 Å². The Morgan fingerprint density at radius 3 is 2.05 bits per heavy atom. The van der Waals surface area contributed by atoms with E-state index in [4.69, 9.17) is 33.2 Å². The summed E-state index contributed by atoms with van der Waals surface area (Å²) in [7, 11) is 3.83. The number of methoxy groups -OCH3 is 1. The lowest BCUT2D eigenvalue weighted by molar-refractivity contribution is -0.358. The van der Waals surface area contributed by atoms with E-state index in [1.54, 1.807) is 0 Å². The summed E-state index contributed by atoms with van der Waals surface area (Å²) in [5.41, 5.74) is 0. The molecule has 24 heteroatoms. The lowest BCUT2D eigenvalue weighted by Crippen LogP contribution is -2.70. The SMILES string of the molecule is C=CCNC(=O)C1OC(OC2C(O)C(CO)OCC2N(C)C(C)=O)C(O)C(O)C1OC1OC(CO)C(O)C(OC(O)C(O)C(O)C(CC(=O)NC)OC)C1NC(C)=O. The fourth-order valence-electron chi connectivity index (χ4n) is 6.64. The zero-order valence-electron chi connectivity index (χ0n) is 32.7. The Bertz CT molecular complexity index is 1370. The van der Waals surface area contributed by atoms with Crippen molar-refractivity contribution in [3.05, 3.63) is 12.7 Å². The summed E-state index contributed by atoms with van der Waals surface area (Å²) in [5, 5.41) is 105. The van der Waals surface area contributed by atoms with E-state index in [-0.39, 0.29) is 13.2 Å². The average molecular weight is 843 g/mol. The molecular weight excluding hydrogens is 784 g/mol. The maximum Gasteiger partial charge on any atom is 0.252 e. The Labute approximate surface area is 333 Å². The number of aliphatic hydroxyl groups is 9. The number of carbonyl (C=O) groups excluding carboxylic acids is 4. The van der Waals surface area contributed by atoms with Gasteiger partial charge in [0.05, 0.1) is 38.4 Å². The minimum absolute atomic E-state index is 0.139. The summed E-state index contributed by atoms with van der Waals surface area (Å²) in [4.78, 5) is 51.4. The third-order valence-electron chi connectivity index (χ3n) is 10.1. The number of rotatable bonds is 19. The number of hydrogen-bond acceptors (Lipinski definition) is 20. The van der Waals surface area contributed by atoms with Gasteiger partial charge in [0.15, 0.2) is 25.0 Å². The molecule has 3 aliphatic rings. The minimum atomic E-state index is -2.37. The second-order valence-electron chi connectivity index (χ2n) is 14.0. The van der Waals surface area contributed by atoms with Gasteiger partial charge >= 0.3 is 0 Å². The summed E-state index contributed by atoms with van der Waals surface area (Å²) in [6.45, 7) is 3.81. The first-order valence-electron chi connectivity index (χ1n) is 18.4. The number of hydrogen-bond donors (Lipinski definition) is 12. The van der Waals surface area contributed by atoms with Crippen molar-refractivity contribution < 1.29 is 98.3 Å². The Kier molecular flexibility index (Phi) is 19.2. The molecule has 3 rings (SSSR count). The average Bonchev–Trinajstić information content (AvgIpc) is 3.19. The first-order valence-corrected chi connectivity index (χ1v) is 18.4. The van der Waals surface area contributed by atoms with Crippen LogP contribution in [0.1, 0.15) is 20.3 Å². The van der Waals surface area contributed by atoms with Crippen LogP contribution in [0.4, 0.5) is 0 Å². The minimum Gasteiger partial charge on any atom is -0.394 e. The van der Waals surface area contributed by atoms with E-state index in [0.717, 1.165) is 14.0 Å². The molecule has 3 aliphatic heterocycles.